The van der Waals surface area contributed by atoms with Gasteiger partial charge in [-0.15, -0.1) is 0 Å². The Bertz CT molecular complexity index is 587. The second kappa shape index (κ2) is 5.61. The van der Waals surface area contributed by atoms with Gasteiger partial charge < -0.3 is 5.32 Å². The molecule has 4 nitrogen and oxygen atoms in total. The highest BCUT2D eigenvalue weighted by atomic mass is 79.9. The predicted octanol–water partition coefficient (Wildman–Crippen LogP) is 3.03. The lowest BCUT2D eigenvalue weighted by molar-refractivity contribution is 0.984. The first-order chi connectivity index (χ1) is 8.69. The third-order valence-corrected chi connectivity index (χ3v) is 2.89. The maximum absolute atomic E-state index is 9.04. The molecule has 1 aromatic heterocycles. The zero-order chi connectivity index (χ0) is 13.0. The van der Waals surface area contributed by atoms with Crippen molar-refractivity contribution < 1.29 is 0 Å². The molecule has 0 spiro atoms. The fourth-order valence-corrected chi connectivity index (χ4v) is 1.82. The minimum atomic E-state index is 0.545. The highest BCUT2D eigenvalue weighted by Crippen LogP contribution is 2.20. The summed E-state index contributed by atoms with van der Waals surface area (Å²) in [7, 11) is 0. The van der Waals surface area contributed by atoms with Crippen LogP contribution >= 0.6 is 15.9 Å². The number of aromatic nitrogens is 2. The summed E-state index contributed by atoms with van der Waals surface area (Å²) in [5.41, 5.74) is 3.13. The normalized spacial score (nSPS) is 9.83. The van der Waals surface area contributed by atoms with E-state index in [1.54, 1.807) is 18.5 Å². The molecule has 0 saturated heterocycles. The fraction of sp³-hybridized carbons (Fsp3) is 0.154. The molecule has 0 radical (unpaired) electrons. The standard InChI is InChI=1S/C13H11BrN4/c1-9-6-17-12(7-16-9)8-18-13-3-2-11(14)4-10(13)5-15/h2-4,6-7,18H,8H2,1H3. The number of nitriles is 1. The molecule has 0 bridgehead atoms. The van der Waals surface area contributed by atoms with Crippen molar-refractivity contribution in [2.24, 2.45) is 0 Å². The zero-order valence-corrected chi connectivity index (χ0v) is 11.4. The van der Waals surface area contributed by atoms with E-state index in [2.05, 4.69) is 37.3 Å². The Hall–Kier alpha value is -1.93. The van der Waals surface area contributed by atoms with E-state index in [-0.39, 0.29) is 0 Å². The van der Waals surface area contributed by atoms with Crippen molar-refractivity contribution in [3.63, 3.8) is 0 Å². The Morgan fingerprint density at radius 1 is 1.33 bits per heavy atom. The summed E-state index contributed by atoms with van der Waals surface area (Å²) in [6, 6.07) is 7.69. The molecule has 0 saturated carbocycles. The van der Waals surface area contributed by atoms with Crippen LogP contribution in [0.1, 0.15) is 17.0 Å². The summed E-state index contributed by atoms with van der Waals surface area (Å²) in [4.78, 5) is 8.42. The van der Waals surface area contributed by atoms with Crippen molar-refractivity contribution in [2.75, 3.05) is 5.32 Å². The maximum Gasteiger partial charge on any atom is 0.101 e. The van der Waals surface area contributed by atoms with Gasteiger partial charge in [-0.25, -0.2) is 0 Å². The van der Waals surface area contributed by atoms with Crippen LogP contribution in [-0.4, -0.2) is 9.97 Å². The molecule has 2 aromatic rings. The molecule has 5 heteroatoms. The Morgan fingerprint density at radius 3 is 2.83 bits per heavy atom. The Morgan fingerprint density at radius 2 is 2.17 bits per heavy atom. The number of hydrogen-bond acceptors (Lipinski definition) is 4. The van der Waals surface area contributed by atoms with E-state index in [4.69, 9.17) is 5.26 Å². The van der Waals surface area contributed by atoms with E-state index in [1.807, 2.05) is 19.1 Å². The van der Waals surface area contributed by atoms with Crippen molar-refractivity contribution in [1.29, 1.82) is 5.26 Å². The number of halogens is 1. The van der Waals surface area contributed by atoms with Crippen LogP contribution in [-0.2, 0) is 6.54 Å². The molecule has 0 amide bonds. The summed E-state index contributed by atoms with van der Waals surface area (Å²) in [6.45, 7) is 2.44. The van der Waals surface area contributed by atoms with E-state index in [9.17, 15) is 0 Å². The van der Waals surface area contributed by atoms with Crippen molar-refractivity contribution in [2.45, 2.75) is 13.5 Å². The van der Waals surface area contributed by atoms with Crippen LogP contribution in [0.15, 0.2) is 35.1 Å². The number of hydrogen-bond donors (Lipinski definition) is 1. The van der Waals surface area contributed by atoms with Crippen LogP contribution in [0.4, 0.5) is 5.69 Å². The molecule has 2 rings (SSSR count). The van der Waals surface area contributed by atoms with Gasteiger partial charge in [-0.3, -0.25) is 9.97 Å². The maximum atomic E-state index is 9.04. The van der Waals surface area contributed by atoms with Gasteiger partial charge in [0.1, 0.15) is 6.07 Å². The molecule has 90 valence electrons. The van der Waals surface area contributed by atoms with Gasteiger partial charge in [0.2, 0.25) is 0 Å². The average Bonchev–Trinajstić information content (AvgIpc) is 2.39. The number of rotatable bonds is 3. The number of aryl methyl sites for hydroxylation is 1. The van der Waals surface area contributed by atoms with Crippen LogP contribution in [0.3, 0.4) is 0 Å². The lowest BCUT2D eigenvalue weighted by atomic mass is 10.2. The van der Waals surface area contributed by atoms with E-state index in [0.29, 0.717) is 12.1 Å². The molecule has 0 unspecified atom stereocenters. The summed E-state index contributed by atoms with van der Waals surface area (Å²) in [5, 5.41) is 12.2. The van der Waals surface area contributed by atoms with Crippen LogP contribution in [0.2, 0.25) is 0 Å². The molecular formula is C13H11BrN4. The molecule has 0 aliphatic heterocycles. The van der Waals surface area contributed by atoms with Gasteiger partial charge >= 0.3 is 0 Å². The van der Waals surface area contributed by atoms with E-state index >= 15 is 0 Å². The van der Waals surface area contributed by atoms with Gasteiger partial charge in [-0.1, -0.05) is 15.9 Å². The third kappa shape index (κ3) is 3.05. The lowest BCUT2D eigenvalue weighted by Crippen LogP contribution is -2.04. The first-order valence-corrected chi connectivity index (χ1v) is 6.19. The van der Waals surface area contributed by atoms with E-state index in [1.165, 1.54) is 0 Å². The smallest absolute Gasteiger partial charge is 0.101 e. The van der Waals surface area contributed by atoms with Crippen molar-refractivity contribution >= 4 is 21.6 Å². The van der Waals surface area contributed by atoms with Gasteiger partial charge in [-0.2, -0.15) is 5.26 Å². The fourth-order valence-electron chi connectivity index (χ4n) is 1.46. The van der Waals surface area contributed by atoms with Gasteiger partial charge in [0.05, 0.1) is 35.4 Å². The van der Waals surface area contributed by atoms with Gasteiger partial charge in [0.25, 0.3) is 0 Å². The SMILES string of the molecule is Cc1cnc(CNc2ccc(Br)cc2C#N)cn1. The Labute approximate surface area is 114 Å². The molecule has 1 heterocycles. The first-order valence-electron chi connectivity index (χ1n) is 5.40. The molecule has 0 atom stereocenters. The number of nitrogens with zero attached hydrogens (tertiary/aromatic N) is 3. The summed E-state index contributed by atoms with van der Waals surface area (Å²) in [6.07, 6.45) is 3.46. The van der Waals surface area contributed by atoms with Crippen molar-refractivity contribution in [3.05, 3.63) is 52.0 Å². The molecule has 0 fully saturated rings. The van der Waals surface area contributed by atoms with Crippen LogP contribution < -0.4 is 5.32 Å². The highest BCUT2D eigenvalue weighted by Gasteiger charge is 2.03. The van der Waals surface area contributed by atoms with Crippen LogP contribution in [0.25, 0.3) is 0 Å². The second-order valence-corrected chi connectivity index (χ2v) is 4.72. The highest BCUT2D eigenvalue weighted by molar-refractivity contribution is 9.10. The first kappa shape index (κ1) is 12.5. The monoisotopic (exact) mass is 302 g/mol. The number of anilines is 1. The van der Waals surface area contributed by atoms with Gasteiger partial charge in [0.15, 0.2) is 0 Å². The topological polar surface area (TPSA) is 61.6 Å². The average molecular weight is 303 g/mol. The van der Waals surface area contributed by atoms with Crippen molar-refractivity contribution in [1.82, 2.24) is 9.97 Å². The summed E-state index contributed by atoms with van der Waals surface area (Å²) < 4.78 is 0.889. The van der Waals surface area contributed by atoms with Gasteiger partial charge in [-0.05, 0) is 25.1 Å². The minimum Gasteiger partial charge on any atom is -0.378 e. The lowest BCUT2D eigenvalue weighted by Gasteiger charge is -2.08. The molecule has 1 aromatic carbocycles. The quantitative estimate of drug-likeness (QED) is 0.946. The molecule has 18 heavy (non-hydrogen) atoms. The summed E-state index contributed by atoms with van der Waals surface area (Å²) >= 11 is 3.34. The van der Waals surface area contributed by atoms with Gasteiger partial charge in [0, 0.05) is 10.7 Å². The van der Waals surface area contributed by atoms with Crippen LogP contribution in [0, 0.1) is 18.3 Å². The van der Waals surface area contributed by atoms with E-state index in [0.717, 1.165) is 21.5 Å². The van der Waals surface area contributed by atoms with Crippen LogP contribution in [0.5, 0.6) is 0 Å². The molecule has 0 aliphatic rings. The number of benzene rings is 1. The molecule has 1 N–H and O–H groups in total. The second-order valence-electron chi connectivity index (χ2n) is 3.80. The third-order valence-electron chi connectivity index (χ3n) is 2.40. The Balaban J connectivity index is 2.11. The summed E-state index contributed by atoms with van der Waals surface area (Å²) in [5.74, 6) is 0. The van der Waals surface area contributed by atoms with E-state index < -0.39 is 0 Å². The predicted molar refractivity (Wildman–Crippen MR) is 73.0 cm³/mol. The Kier molecular flexibility index (Phi) is 3.90. The number of nitrogens with one attached hydrogen (secondary N) is 1. The molecule has 0 aliphatic carbocycles. The minimum absolute atomic E-state index is 0.545. The largest absolute Gasteiger partial charge is 0.378 e. The van der Waals surface area contributed by atoms with Crippen molar-refractivity contribution in [3.8, 4) is 6.07 Å². The molecular weight excluding hydrogens is 292 g/mol. The zero-order valence-electron chi connectivity index (χ0n) is 9.81.